The molecule has 1 aromatic carbocycles. The zero-order valence-electron chi connectivity index (χ0n) is 11.5. The van der Waals surface area contributed by atoms with Crippen LogP contribution in [0.25, 0.3) is 10.6 Å². The van der Waals surface area contributed by atoms with Crippen LogP contribution in [0.2, 0.25) is 0 Å². The van der Waals surface area contributed by atoms with Gasteiger partial charge in [0.25, 0.3) is 0 Å². The lowest BCUT2D eigenvalue weighted by atomic mass is 10.0. The Morgan fingerprint density at radius 1 is 1.05 bits per heavy atom. The summed E-state index contributed by atoms with van der Waals surface area (Å²) in [4.78, 5) is 6.06. The number of nitrogens with zero attached hydrogens (tertiary/aromatic N) is 1. The molecule has 0 saturated heterocycles. The number of ether oxygens (including phenoxy) is 1. The van der Waals surface area contributed by atoms with Gasteiger partial charge in [-0.05, 0) is 39.8 Å². The Morgan fingerprint density at radius 3 is 2.26 bits per heavy atom. The maximum atomic E-state index is 6.10. The number of halogens is 1. The smallest absolute Gasteiger partial charge is 0.124 e. The van der Waals surface area contributed by atoms with Crippen LogP contribution in [-0.4, -0.2) is 4.98 Å². The van der Waals surface area contributed by atoms with Crippen LogP contribution < -0.4 is 0 Å². The van der Waals surface area contributed by atoms with Gasteiger partial charge in [-0.25, -0.2) is 4.98 Å². The summed E-state index contributed by atoms with van der Waals surface area (Å²) >= 11 is 5.20. The van der Waals surface area contributed by atoms with Gasteiger partial charge in [0.1, 0.15) is 10.6 Å². The van der Waals surface area contributed by atoms with Crippen molar-refractivity contribution in [3.63, 3.8) is 0 Å². The molecule has 0 fully saturated rings. The van der Waals surface area contributed by atoms with E-state index in [0.717, 1.165) is 20.7 Å². The lowest BCUT2D eigenvalue weighted by Crippen LogP contribution is -2.23. The third kappa shape index (κ3) is 2.16. The average molecular weight is 338 g/mol. The molecule has 2 aromatic rings. The molecule has 1 aromatic heterocycles. The zero-order valence-corrected chi connectivity index (χ0v) is 13.9. The van der Waals surface area contributed by atoms with Gasteiger partial charge in [0.05, 0.1) is 16.2 Å². The molecule has 0 saturated carbocycles. The number of fused-ring (bicyclic) bond motifs is 1. The predicted octanol–water partition coefficient (Wildman–Crippen LogP) is 5.07. The van der Waals surface area contributed by atoms with Gasteiger partial charge in [-0.15, -0.1) is 11.3 Å². The summed E-state index contributed by atoms with van der Waals surface area (Å²) in [5, 5.41) is 1.07. The van der Waals surface area contributed by atoms with E-state index in [9.17, 15) is 0 Å². The lowest BCUT2D eigenvalue weighted by Gasteiger charge is -2.24. The monoisotopic (exact) mass is 337 g/mol. The molecule has 2 nitrogen and oxygen atoms in total. The van der Waals surface area contributed by atoms with Crippen LogP contribution in [-0.2, 0) is 15.9 Å². The van der Waals surface area contributed by atoms with E-state index in [1.54, 1.807) is 11.3 Å². The second-order valence-corrected chi connectivity index (χ2v) is 7.74. The predicted molar refractivity (Wildman–Crippen MR) is 82.4 cm³/mol. The number of aromatic nitrogens is 1. The van der Waals surface area contributed by atoms with Gasteiger partial charge >= 0.3 is 0 Å². The van der Waals surface area contributed by atoms with Crippen molar-refractivity contribution in [1.29, 1.82) is 0 Å². The highest BCUT2D eigenvalue weighted by molar-refractivity contribution is 9.10. The minimum atomic E-state index is -0.303. The Labute approximate surface area is 126 Å². The van der Waals surface area contributed by atoms with E-state index in [2.05, 4.69) is 67.9 Å². The largest absolute Gasteiger partial charge is 0.358 e. The molecular weight excluding hydrogens is 322 g/mol. The van der Waals surface area contributed by atoms with E-state index in [-0.39, 0.29) is 11.2 Å². The van der Waals surface area contributed by atoms with E-state index in [4.69, 9.17) is 9.72 Å². The second-order valence-electron chi connectivity index (χ2n) is 5.83. The first kappa shape index (κ1) is 13.3. The van der Waals surface area contributed by atoms with E-state index in [1.165, 1.54) is 4.88 Å². The standard InChI is InChI=1S/C15H16BrNOS/c1-14(2)11-12(15(3,4)18-14)19-13(17-11)9-5-7-10(16)8-6-9/h5-8H,1-4H3. The highest BCUT2D eigenvalue weighted by Gasteiger charge is 2.46. The summed E-state index contributed by atoms with van der Waals surface area (Å²) in [6.07, 6.45) is 0. The van der Waals surface area contributed by atoms with E-state index >= 15 is 0 Å². The Bertz CT molecular complexity index is 597. The molecule has 0 spiro atoms. The minimum absolute atomic E-state index is 0.246. The van der Waals surface area contributed by atoms with Crippen LogP contribution in [0.15, 0.2) is 28.7 Å². The second kappa shape index (κ2) is 4.14. The Hall–Kier alpha value is -0.710. The summed E-state index contributed by atoms with van der Waals surface area (Å²) < 4.78 is 7.18. The minimum Gasteiger partial charge on any atom is -0.358 e. The van der Waals surface area contributed by atoms with Crippen molar-refractivity contribution in [2.45, 2.75) is 38.9 Å². The highest BCUT2D eigenvalue weighted by atomic mass is 79.9. The molecule has 0 bridgehead atoms. The Morgan fingerprint density at radius 2 is 1.68 bits per heavy atom. The van der Waals surface area contributed by atoms with Gasteiger partial charge in [-0.2, -0.15) is 0 Å². The first-order chi connectivity index (χ1) is 8.79. The van der Waals surface area contributed by atoms with Gasteiger partial charge in [-0.1, -0.05) is 28.1 Å². The fraction of sp³-hybridized carbons (Fsp3) is 0.400. The summed E-state index contributed by atoms with van der Waals surface area (Å²) in [5.41, 5.74) is 1.70. The fourth-order valence-corrected chi connectivity index (χ4v) is 4.11. The molecule has 0 N–H and O–H groups in total. The summed E-state index contributed by atoms with van der Waals surface area (Å²) in [7, 11) is 0. The van der Waals surface area contributed by atoms with Crippen LogP contribution in [0.3, 0.4) is 0 Å². The molecule has 0 amide bonds. The molecule has 2 heterocycles. The molecule has 100 valence electrons. The summed E-state index contributed by atoms with van der Waals surface area (Å²) in [6.45, 7) is 8.41. The molecule has 0 unspecified atom stereocenters. The first-order valence-electron chi connectivity index (χ1n) is 6.27. The van der Waals surface area contributed by atoms with Crippen LogP contribution in [0, 0.1) is 0 Å². The van der Waals surface area contributed by atoms with E-state index < -0.39 is 0 Å². The van der Waals surface area contributed by atoms with Gasteiger partial charge in [0.2, 0.25) is 0 Å². The van der Waals surface area contributed by atoms with Crippen molar-refractivity contribution in [2.75, 3.05) is 0 Å². The maximum absolute atomic E-state index is 6.10. The first-order valence-corrected chi connectivity index (χ1v) is 7.88. The molecule has 4 heteroatoms. The molecule has 1 aliphatic rings. The summed E-state index contributed by atoms with van der Waals surface area (Å²) in [6, 6.07) is 8.29. The average Bonchev–Trinajstić information content (AvgIpc) is 2.80. The number of benzene rings is 1. The van der Waals surface area contributed by atoms with Crippen LogP contribution >= 0.6 is 27.3 Å². The molecule has 0 aliphatic carbocycles. The van der Waals surface area contributed by atoms with Crippen molar-refractivity contribution >= 4 is 27.3 Å². The third-order valence-corrected chi connectivity index (χ3v) is 5.28. The SMILES string of the molecule is CC1(C)OC(C)(C)c2sc(-c3ccc(Br)cc3)nc21. The van der Waals surface area contributed by atoms with Crippen LogP contribution in [0.4, 0.5) is 0 Å². The molecular formula is C15H16BrNOS. The topological polar surface area (TPSA) is 22.1 Å². The zero-order chi connectivity index (χ0) is 13.8. The third-order valence-electron chi connectivity index (χ3n) is 3.35. The number of rotatable bonds is 1. The Kier molecular flexibility index (Phi) is 2.89. The highest BCUT2D eigenvalue weighted by Crippen LogP contribution is 2.50. The van der Waals surface area contributed by atoms with Crippen LogP contribution in [0.5, 0.6) is 0 Å². The number of thiazole rings is 1. The van der Waals surface area contributed by atoms with Crippen molar-refractivity contribution in [3.05, 3.63) is 39.3 Å². The van der Waals surface area contributed by atoms with Crippen molar-refractivity contribution < 1.29 is 4.74 Å². The fourth-order valence-electron chi connectivity index (χ4n) is 2.58. The van der Waals surface area contributed by atoms with Crippen molar-refractivity contribution in [3.8, 4) is 10.6 Å². The Balaban J connectivity index is 2.11. The van der Waals surface area contributed by atoms with E-state index in [0.29, 0.717) is 0 Å². The van der Waals surface area contributed by atoms with Gasteiger partial charge in [0, 0.05) is 10.0 Å². The number of hydrogen-bond acceptors (Lipinski definition) is 3. The van der Waals surface area contributed by atoms with Crippen molar-refractivity contribution in [1.82, 2.24) is 4.98 Å². The molecule has 0 atom stereocenters. The van der Waals surface area contributed by atoms with Crippen molar-refractivity contribution in [2.24, 2.45) is 0 Å². The molecule has 3 rings (SSSR count). The van der Waals surface area contributed by atoms with Gasteiger partial charge in [-0.3, -0.25) is 0 Å². The quantitative estimate of drug-likeness (QED) is 0.724. The van der Waals surface area contributed by atoms with Gasteiger partial charge in [0.15, 0.2) is 0 Å². The maximum Gasteiger partial charge on any atom is 0.124 e. The normalized spacial score (nSPS) is 19.4. The lowest BCUT2D eigenvalue weighted by molar-refractivity contribution is -0.105. The molecule has 0 radical (unpaired) electrons. The summed E-state index contributed by atoms with van der Waals surface area (Å²) in [5.74, 6) is 0. The van der Waals surface area contributed by atoms with Gasteiger partial charge < -0.3 is 4.74 Å². The van der Waals surface area contributed by atoms with Crippen LogP contribution in [0.1, 0.15) is 38.3 Å². The number of hydrogen-bond donors (Lipinski definition) is 0. The molecule has 1 aliphatic heterocycles. The molecule has 19 heavy (non-hydrogen) atoms. The van der Waals surface area contributed by atoms with E-state index in [1.807, 2.05) is 0 Å².